The largest absolute Gasteiger partial charge is 0.396 e. The van der Waals surface area contributed by atoms with Gasteiger partial charge in [0.15, 0.2) is 0 Å². The summed E-state index contributed by atoms with van der Waals surface area (Å²) in [6, 6.07) is 5.57. The molecule has 0 fully saturated rings. The lowest BCUT2D eigenvalue weighted by atomic mass is 10.2. The molecule has 21 heavy (non-hydrogen) atoms. The van der Waals surface area contributed by atoms with E-state index in [0.717, 1.165) is 17.0 Å². The summed E-state index contributed by atoms with van der Waals surface area (Å²) in [7, 11) is -3.80. The SMILES string of the molecule is CCC(NS(=O)(=O)c1cc(N)c(F)cc1Br)c1cccs1. The Hall–Kier alpha value is -0.960. The molecule has 0 aliphatic carbocycles. The van der Waals surface area contributed by atoms with Gasteiger partial charge in [0.05, 0.1) is 16.6 Å². The molecule has 114 valence electrons. The topological polar surface area (TPSA) is 72.2 Å². The van der Waals surface area contributed by atoms with Crippen LogP contribution in [-0.4, -0.2) is 8.42 Å². The zero-order valence-electron chi connectivity index (χ0n) is 11.1. The number of sulfonamides is 1. The van der Waals surface area contributed by atoms with Gasteiger partial charge in [-0.3, -0.25) is 0 Å². The maximum absolute atomic E-state index is 13.3. The van der Waals surface area contributed by atoms with Gasteiger partial charge in [0.1, 0.15) is 5.82 Å². The van der Waals surface area contributed by atoms with Crippen LogP contribution in [0.15, 0.2) is 39.0 Å². The molecule has 1 aromatic carbocycles. The molecule has 2 rings (SSSR count). The molecule has 0 spiro atoms. The molecule has 0 bridgehead atoms. The van der Waals surface area contributed by atoms with Gasteiger partial charge in [-0.25, -0.2) is 17.5 Å². The van der Waals surface area contributed by atoms with Gasteiger partial charge in [-0.05, 0) is 45.9 Å². The van der Waals surface area contributed by atoms with Crippen molar-refractivity contribution in [1.82, 2.24) is 4.72 Å². The molecule has 0 amide bonds. The quantitative estimate of drug-likeness (QED) is 0.762. The van der Waals surface area contributed by atoms with Crippen molar-refractivity contribution in [2.45, 2.75) is 24.3 Å². The van der Waals surface area contributed by atoms with Crippen LogP contribution < -0.4 is 10.5 Å². The van der Waals surface area contributed by atoms with E-state index < -0.39 is 15.8 Å². The number of rotatable bonds is 5. The first-order valence-electron chi connectivity index (χ1n) is 6.15. The van der Waals surface area contributed by atoms with Gasteiger partial charge in [-0.1, -0.05) is 13.0 Å². The second-order valence-electron chi connectivity index (χ2n) is 4.40. The average molecular weight is 393 g/mol. The first-order chi connectivity index (χ1) is 9.85. The van der Waals surface area contributed by atoms with Crippen LogP contribution >= 0.6 is 27.3 Å². The third-order valence-electron chi connectivity index (χ3n) is 2.93. The Kier molecular flexibility index (Phi) is 5.03. The third-order valence-corrected chi connectivity index (χ3v) is 6.35. The maximum Gasteiger partial charge on any atom is 0.242 e. The van der Waals surface area contributed by atoms with Gasteiger partial charge in [0.25, 0.3) is 0 Å². The van der Waals surface area contributed by atoms with Crippen molar-refractivity contribution in [1.29, 1.82) is 0 Å². The van der Waals surface area contributed by atoms with E-state index in [1.54, 1.807) is 0 Å². The zero-order valence-corrected chi connectivity index (χ0v) is 14.4. The van der Waals surface area contributed by atoms with Crippen LogP contribution in [0, 0.1) is 5.82 Å². The fourth-order valence-corrected chi connectivity index (χ4v) is 5.12. The smallest absolute Gasteiger partial charge is 0.242 e. The van der Waals surface area contributed by atoms with Crippen molar-refractivity contribution in [3.63, 3.8) is 0 Å². The lowest BCUT2D eigenvalue weighted by Gasteiger charge is -2.17. The summed E-state index contributed by atoms with van der Waals surface area (Å²) in [6.45, 7) is 1.89. The van der Waals surface area contributed by atoms with Crippen molar-refractivity contribution >= 4 is 43.0 Å². The summed E-state index contributed by atoms with van der Waals surface area (Å²) < 4.78 is 41.0. The molecule has 0 saturated heterocycles. The van der Waals surface area contributed by atoms with E-state index in [9.17, 15) is 12.8 Å². The van der Waals surface area contributed by atoms with E-state index in [-0.39, 0.29) is 21.1 Å². The van der Waals surface area contributed by atoms with Gasteiger partial charge in [-0.15, -0.1) is 11.3 Å². The molecule has 4 nitrogen and oxygen atoms in total. The molecule has 0 aliphatic rings. The van der Waals surface area contributed by atoms with Crippen LogP contribution in [0.5, 0.6) is 0 Å². The Morgan fingerprint density at radius 1 is 1.48 bits per heavy atom. The lowest BCUT2D eigenvalue weighted by molar-refractivity contribution is 0.552. The monoisotopic (exact) mass is 392 g/mol. The van der Waals surface area contributed by atoms with E-state index in [4.69, 9.17) is 5.73 Å². The Bertz CT molecular complexity index is 733. The minimum Gasteiger partial charge on any atom is -0.396 e. The van der Waals surface area contributed by atoms with E-state index in [1.165, 1.54) is 11.3 Å². The highest BCUT2D eigenvalue weighted by molar-refractivity contribution is 9.10. The fourth-order valence-electron chi connectivity index (χ4n) is 1.83. The molecule has 1 unspecified atom stereocenters. The van der Waals surface area contributed by atoms with Crippen molar-refractivity contribution in [3.05, 3.63) is 44.8 Å². The fraction of sp³-hybridized carbons (Fsp3) is 0.231. The van der Waals surface area contributed by atoms with E-state index >= 15 is 0 Å². The van der Waals surface area contributed by atoms with Crippen LogP contribution in [0.25, 0.3) is 0 Å². The normalized spacial score (nSPS) is 13.3. The highest BCUT2D eigenvalue weighted by Gasteiger charge is 2.24. The molecular weight excluding hydrogens is 379 g/mol. The number of nitrogens with two attached hydrogens (primary N) is 1. The second kappa shape index (κ2) is 6.43. The van der Waals surface area contributed by atoms with Crippen LogP contribution in [0.3, 0.4) is 0 Å². The number of nitrogen functional groups attached to an aromatic ring is 1. The number of thiophene rings is 1. The molecule has 1 heterocycles. The number of nitrogens with one attached hydrogen (secondary N) is 1. The van der Waals surface area contributed by atoms with E-state index in [2.05, 4.69) is 20.7 Å². The van der Waals surface area contributed by atoms with Crippen molar-refractivity contribution < 1.29 is 12.8 Å². The Morgan fingerprint density at radius 3 is 2.76 bits per heavy atom. The highest BCUT2D eigenvalue weighted by Crippen LogP contribution is 2.29. The maximum atomic E-state index is 13.3. The van der Waals surface area contributed by atoms with E-state index in [0.29, 0.717) is 6.42 Å². The summed E-state index contributed by atoms with van der Waals surface area (Å²) in [4.78, 5) is 0.851. The minimum absolute atomic E-state index is 0.0728. The summed E-state index contributed by atoms with van der Waals surface area (Å²) in [5.74, 6) is -0.661. The molecule has 0 radical (unpaired) electrons. The van der Waals surface area contributed by atoms with Crippen molar-refractivity contribution in [2.24, 2.45) is 0 Å². The standard InChI is InChI=1S/C13H14BrFN2O2S2/c1-2-11(12-4-3-5-20-12)17-21(18,19)13-7-10(16)9(15)6-8(13)14/h3-7,11,17H,2,16H2,1H3. The zero-order chi connectivity index (χ0) is 15.6. The molecular formula is C13H14BrFN2O2S2. The summed E-state index contributed by atoms with van der Waals surface area (Å²) in [5, 5.41) is 1.89. The van der Waals surface area contributed by atoms with Gasteiger partial charge in [0, 0.05) is 9.35 Å². The molecule has 1 atom stereocenters. The number of halogens is 2. The Balaban J connectivity index is 2.36. The third kappa shape index (κ3) is 3.63. The van der Waals surface area contributed by atoms with Crippen LogP contribution in [0.4, 0.5) is 10.1 Å². The predicted octanol–water partition coefficient (Wildman–Crippen LogP) is 3.66. The van der Waals surface area contributed by atoms with Crippen LogP contribution in [-0.2, 0) is 10.0 Å². The van der Waals surface area contributed by atoms with Gasteiger partial charge >= 0.3 is 0 Å². The Morgan fingerprint density at radius 2 is 2.19 bits per heavy atom. The first kappa shape index (κ1) is 16.4. The number of hydrogen-bond donors (Lipinski definition) is 2. The van der Waals surface area contributed by atoms with Crippen LogP contribution in [0.1, 0.15) is 24.3 Å². The van der Waals surface area contributed by atoms with Crippen molar-refractivity contribution in [3.8, 4) is 0 Å². The molecule has 0 saturated carbocycles. The number of benzene rings is 1. The molecule has 2 aromatic rings. The Labute approximate surface area is 135 Å². The molecule has 3 N–H and O–H groups in total. The van der Waals surface area contributed by atoms with Gasteiger partial charge in [-0.2, -0.15) is 0 Å². The van der Waals surface area contributed by atoms with Crippen molar-refractivity contribution in [2.75, 3.05) is 5.73 Å². The minimum atomic E-state index is -3.80. The van der Waals surface area contributed by atoms with E-state index in [1.807, 2.05) is 24.4 Å². The van der Waals surface area contributed by atoms with Crippen LogP contribution in [0.2, 0.25) is 0 Å². The first-order valence-corrected chi connectivity index (χ1v) is 9.31. The molecule has 0 aliphatic heterocycles. The number of hydrogen-bond acceptors (Lipinski definition) is 4. The lowest BCUT2D eigenvalue weighted by Crippen LogP contribution is -2.28. The van der Waals surface area contributed by atoms with Gasteiger partial charge < -0.3 is 5.73 Å². The van der Waals surface area contributed by atoms with Gasteiger partial charge in [0.2, 0.25) is 10.0 Å². The predicted molar refractivity (Wildman–Crippen MR) is 86.2 cm³/mol. The second-order valence-corrected chi connectivity index (χ2v) is 7.92. The summed E-state index contributed by atoms with van der Waals surface area (Å²) >= 11 is 4.54. The molecule has 8 heteroatoms. The molecule has 1 aromatic heterocycles. The average Bonchev–Trinajstić information content (AvgIpc) is 2.94. The summed E-state index contributed by atoms with van der Waals surface area (Å²) in [6.07, 6.45) is 0.605. The summed E-state index contributed by atoms with van der Waals surface area (Å²) in [5.41, 5.74) is 5.25. The number of anilines is 1. The highest BCUT2D eigenvalue weighted by atomic mass is 79.9.